The van der Waals surface area contributed by atoms with Gasteiger partial charge in [-0.1, -0.05) is 19.9 Å². The highest BCUT2D eigenvalue weighted by atomic mass is 16.5. The Hall–Kier alpha value is -1.84. The van der Waals surface area contributed by atoms with E-state index in [1.807, 2.05) is 19.9 Å². The maximum Gasteiger partial charge on any atom is 0.379 e. The summed E-state index contributed by atoms with van der Waals surface area (Å²) < 4.78 is 9.52. The largest absolute Gasteiger partial charge is 0.496 e. The van der Waals surface area contributed by atoms with Gasteiger partial charge in [0.15, 0.2) is 0 Å². The van der Waals surface area contributed by atoms with Crippen molar-refractivity contribution in [2.24, 2.45) is 0 Å². The summed E-state index contributed by atoms with van der Waals surface area (Å²) in [4.78, 5) is 22.9. The van der Waals surface area contributed by atoms with Crippen LogP contribution in [0.4, 0.5) is 0 Å². The summed E-state index contributed by atoms with van der Waals surface area (Å²) in [5.74, 6) is -0.863. The molecule has 0 radical (unpaired) electrons. The van der Waals surface area contributed by atoms with Gasteiger partial charge < -0.3 is 9.47 Å². The number of carbonyl (C=O) groups excluding carboxylic acids is 2. The van der Waals surface area contributed by atoms with Gasteiger partial charge in [0.1, 0.15) is 5.75 Å². The van der Waals surface area contributed by atoms with Crippen molar-refractivity contribution in [2.75, 3.05) is 14.2 Å². The van der Waals surface area contributed by atoms with Crippen molar-refractivity contribution in [2.45, 2.75) is 19.8 Å². The maximum atomic E-state index is 11.7. The van der Waals surface area contributed by atoms with Crippen LogP contribution in [0.5, 0.6) is 5.75 Å². The Bertz CT molecular complexity index is 435. The first-order valence-electron chi connectivity index (χ1n) is 5.31. The monoisotopic (exact) mass is 236 g/mol. The summed E-state index contributed by atoms with van der Waals surface area (Å²) in [5, 5.41) is 0. The highest BCUT2D eigenvalue weighted by Gasteiger charge is 2.21. The molecule has 4 heteroatoms. The van der Waals surface area contributed by atoms with E-state index in [4.69, 9.17) is 4.74 Å². The number of Topliss-reactive ketones (excluding diaryl/α,β-unsaturated/α-hetero) is 1. The minimum Gasteiger partial charge on any atom is -0.496 e. The van der Waals surface area contributed by atoms with Crippen LogP contribution >= 0.6 is 0 Å². The first-order valence-corrected chi connectivity index (χ1v) is 5.31. The van der Waals surface area contributed by atoms with Crippen LogP contribution in [0, 0.1) is 0 Å². The van der Waals surface area contributed by atoms with E-state index in [2.05, 4.69) is 4.74 Å². The van der Waals surface area contributed by atoms with Gasteiger partial charge in [-0.3, -0.25) is 4.79 Å². The minimum absolute atomic E-state index is 0.226. The summed E-state index contributed by atoms with van der Waals surface area (Å²) in [6, 6.07) is 5.16. The number of ketones is 1. The summed E-state index contributed by atoms with van der Waals surface area (Å²) >= 11 is 0. The van der Waals surface area contributed by atoms with Crippen LogP contribution in [0.25, 0.3) is 0 Å². The van der Waals surface area contributed by atoms with Gasteiger partial charge in [0.25, 0.3) is 5.78 Å². The van der Waals surface area contributed by atoms with Crippen LogP contribution in [0.15, 0.2) is 18.2 Å². The van der Waals surface area contributed by atoms with E-state index < -0.39 is 11.8 Å². The van der Waals surface area contributed by atoms with Gasteiger partial charge in [0.05, 0.1) is 19.8 Å². The Labute approximate surface area is 101 Å². The molecule has 0 unspecified atom stereocenters. The molecule has 0 N–H and O–H groups in total. The summed E-state index contributed by atoms with van der Waals surface area (Å²) in [7, 11) is 2.64. The molecule has 0 saturated heterocycles. The predicted molar refractivity (Wildman–Crippen MR) is 63.4 cm³/mol. The Morgan fingerprint density at radius 2 is 1.82 bits per heavy atom. The van der Waals surface area contributed by atoms with E-state index in [9.17, 15) is 9.59 Å². The number of hydrogen-bond acceptors (Lipinski definition) is 4. The van der Waals surface area contributed by atoms with Crippen molar-refractivity contribution >= 4 is 11.8 Å². The quantitative estimate of drug-likeness (QED) is 0.456. The maximum absolute atomic E-state index is 11.7. The lowest BCUT2D eigenvalue weighted by Gasteiger charge is -2.11. The third-order valence-corrected chi connectivity index (χ3v) is 2.51. The Kier molecular flexibility index (Phi) is 4.26. The summed E-state index contributed by atoms with van der Waals surface area (Å²) in [6.45, 7) is 4.08. The fourth-order valence-corrected chi connectivity index (χ4v) is 1.46. The van der Waals surface area contributed by atoms with E-state index in [0.29, 0.717) is 11.7 Å². The molecular formula is C13H16O4. The van der Waals surface area contributed by atoms with Gasteiger partial charge in [-0.25, -0.2) is 4.79 Å². The second kappa shape index (κ2) is 5.48. The fourth-order valence-electron chi connectivity index (χ4n) is 1.46. The van der Waals surface area contributed by atoms with Crippen LogP contribution in [-0.2, 0) is 9.53 Å². The number of rotatable bonds is 4. The Balaban J connectivity index is 3.17. The number of benzene rings is 1. The Morgan fingerprint density at radius 3 is 2.29 bits per heavy atom. The average molecular weight is 236 g/mol. The van der Waals surface area contributed by atoms with Crippen molar-refractivity contribution in [1.82, 2.24) is 0 Å². The molecular weight excluding hydrogens is 220 g/mol. The van der Waals surface area contributed by atoms with Gasteiger partial charge in [0.2, 0.25) is 0 Å². The van der Waals surface area contributed by atoms with Crippen LogP contribution in [-0.4, -0.2) is 26.0 Å². The van der Waals surface area contributed by atoms with E-state index in [1.165, 1.54) is 14.2 Å². The first-order chi connectivity index (χ1) is 8.01. The number of hydrogen-bond donors (Lipinski definition) is 0. The van der Waals surface area contributed by atoms with Crippen molar-refractivity contribution in [1.29, 1.82) is 0 Å². The molecule has 0 heterocycles. The van der Waals surface area contributed by atoms with Crippen molar-refractivity contribution in [3.63, 3.8) is 0 Å². The number of methoxy groups -OCH3 is 2. The Morgan fingerprint density at radius 1 is 1.18 bits per heavy atom. The second-order valence-corrected chi connectivity index (χ2v) is 3.94. The van der Waals surface area contributed by atoms with Crippen LogP contribution in [0.3, 0.4) is 0 Å². The van der Waals surface area contributed by atoms with Gasteiger partial charge in [-0.2, -0.15) is 0 Å². The molecule has 0 aliphatic rings. The molecule has 4 nitrogen and oxygen atoms in total. The molecule has 0 saturated carbocycles. The van der Waals surface area contributed by atoms with Gasteiger partial charge in [-0.15, -0.1) is 0 Å². The van der Waals surface area contributed by atoms with Crippen LogP contribution in [0.1, 0.15) is 35.7 Å². The second-order valence-electron chi connectivity index (χ2n) is 3.94. The third kappa shape index (κ3) is 2.84. The van der Waals surface area contributed by atoms with E-state index in [1.54, 1.807) is 12.1 Å². The zero-order chi connectivity index (χ0) is 13.0. The molecule has 92 valence electrons. The lowest BCUT2D eigenvalue weighted by Crippen LogP contribution is -2.16. The van der Waals surface area contributed by atoms with Gasteiger partial charge >= 0.3 is 5.97 Å². The number of esters is 1. The van der Waals surface area contributed by atoms with Crippen molar-refractivity contribution in [3.8, 4) is 5.75 Å². The molecule has 0 aliphatic heterocycles. The summed E-state index contributed by atoms with van der Waals surface area (Å²) in [5.41, 5.74) is 1.27. The van der Waals surface area contributed by atoms with Gasteiger partial charge in [0, 0.05) is 0 Å². The third-order valence-electron chi connectivity index (χ3n) is 2.51. The molecule has 0 amide bonds. The fraction of sp³-hybridized carbons (Fsp3) is 0.385. The topological polar surface area (TPSA) is 52.6 Å². The highest BCUT2D eigenvalue weighted by molar-refractivity contribution is 6.41. The molecule has 1 aromatic rings. The van der Waals surface area contributed by atoms with E-state index in [0.717, 1.165) is 5.56 Å². The lowest BCUT2D eigenvalue weighted by molar-refractivity contribution is -0.135. The van der Waals surface area contributed by atoms with E-state index >= 15 is 0 Å². The van der Waals surface area contributed by atoms with Crippen LogP contribution < -0.4 is 4.74 Å². The minimum atomic E-state index is -0.888. The zero-order valence-corrected chi connectivity index (χ0v) is 10.4. The SMILES string of the molecule is COC(=O)C(=O)c1ccc(C(C)C)cc1OC. The van der Waals surface area contributed by atoms with Crippen molar-refractivity contribution in [3.05, 3.63) is 29.3 Å². The number of ether oxygens (including phenoxy) is 2. The van der Waals surface area contributed by atoms with Gasteiger partial charge in [-0.05, 0) is 23.6 Å². The molecule has 0 atom stereocenters. The number of carbonyl (C=O) groups is 2. The molecule has 0 bridgehead atoms. The molecule has 1 rings (SSSR count). The predicted octanol–water partition coefficient (Wildman–Crippen LogP) is 2.17. The molecule has 0 aromatic heterocycles. The molecule has 0 fully saturated rings. The molecule has 17 heavy (non-hydrogen) atoms. The van der Waals surface area contributed by atoms with Crippen LogP contribution in [0.2, 0.25) is 0 Å². The first kappa shape index (κ1) is 13.2. The highest BCUT2D eigenvalue weighted by Crippen LogP contribution is 2.25. The molecule has 0 aliphatic carbocycles. The smallest absolute Gasteiger partial charge is 0.379 e. The van der Waals surface area contributed by atoms with Crippen molar-refractivity contribution < 1.29 is 19.1 Å². The normalized spacial score (nSPS) is 10.2. The molecule has 1 aromatic carbocycles. The lowest BCUT2D eigenvalue weighted by atomic mass is 9.99. The molecule has 0 spiro atoms. The summed E-state index contributed by atoms with van der Waals surface area (Å²) in [6.07, 6.45) is 0. The standard InChI is InChI=1S/C13H16O4/c1-8(2)9-5-6-10(11(7-9)16-3)12(14)13(15)17-4/h5-8H,1-4H3. The average Bonchev–Trinajstić information content (AvgIpc) is 2.35. The zero-order valence-electron chi connectivity index (χ0n) is 10.4. The van der Waals surface area contributed by atoms with E-state index in [-0.39, 0.29) is 5.56 Å².